The number of hydrogen-bond acceptors (Lipinski definition) is 5. The lowest BCUT2D eigenvalue weighted by Crippen LogP contribution is -2.49. The first-order valence-corrected chi connectivity index (χ1v) is 10.6. The lowest BCUT2D eigenvalue weighted by molar-refractivity contribution is -0.123. The highest BCUT2D eigenvalue weighted by Crippen LogP contribution is 2.24. The van der Waals surface area contributed by atoms with Gasteiger partial charge in [0.25, 0.3) is 11.8 Å². The van der Waals surface area contributed by atoms with Gasteiger partial charge < -0.3 is 9.47 Å². The van der Waals surface area contributed by atoms with Crippen molar-refractivity contribution in [3.63, 3.8) is 0 Å². The number of fused-ring (bicyclic) bond motifs is 1. The molecule has 2 amide bonds. The van der Waals surface area contributed by atoms with Gasteiger partial charge >= 0.3 is 0 Å². The van der Waals surface area contributed by atoms with Gasteiger partial charge in [-0.2, -0.15) is 0 Å². The van der Waals surface area contributed by atoms with Gasteiger partial charge in [-0.15, -0.1) is 0 Å². The van der Waals surface area contributed by atoms with Gasteiger partial charge in [0, 0.05) is 10.9 Å². The molecule has 0 saturated heterocycles. The minimum atomic E-state index is -0.443. The average molecular weight is 452 g/mol. The molecule has 0 atom stereocenters. The molecule has 0 unspecified atom stereocenters. The maximum Gasteiger partial charge on any atom is 0.276 e. The highest BCUT2D eigenvalue weighted by Gasteiger charge is 2.10. The van der Waals surface area contributed by atoms with Crippen LogP contribution in [0.1, 0.15) is 24.2 Å². The minimum absolute atomic E-state index is 0.0337. The van der Waals surface area contributed by atoms with E-state index in [1.807, 2.05) is 36.4 Å². The molecule has 3 N–H and O–H groups in total. The molecule has 166 valence electrons. The molecule has 0 aliphatic rings. The Bertz CT molecular complexity index is 1090. The van der Waals surface area contributed by atoms with E-state index in [-0.39, 0.29) is 11.7 Å². The zero-order chi connectivity index (χ0) is 22.9. The lowest BCUT2D eigenvalue weighted by Gasteiger charge is -2.12. The molecular formula is C24H25N3O4S. The molecular weight excluding hydrogens is 426 g/mol. The molecule has 0 aromatic heterocycles. The van der Waals surface area contributed by atoms with Crippen LogP contribution in [0.5, 0.6) is 11.5 Å². The Morgan fingerprint density at radius 3 is 2.38 bits per heavy atom. The SMILES string of the molecule is CC(C)COc1ccc(C(=O)NC(=S)NNC(=O)COc2cccc3ccccc23)cc1. The number of ether oxygens (including phenoxy) is 2. The molecule has 0 radical (unpaired) electrons. The number of thiocarbonyl (C=S) groups is 1. The first kappa shape index (κ1) is 23.0. The monoisotopic (exact) mass is 451 g/mol. The zero-order valence-electron chi connectivity index (χ0n) is 17.9. The second-order valence-corrected chi connectivity index (χ2v) is 7.86. The number of rotatable bonds is 7. The van der Waals surface area contributed by atoms with Gasteiger partial charge in [0.2, 0.25) is 0 Å². The van der Waals surface area contributed by atoms with Gasteiger partial charge in [-0.1, -0.05) is 50.2 Å². The van der Waals surface area contributed by atoms with Crippen molar-refractivity contribution in [3.8, 4) is 11.5 Å². The van der Waals surface area contributed by atoms with Crippen LogP contribution in [0.4, 0.5) is 0 Å². The third kappa shape index (κ3) is 6.68. The number of carbonyl (C=O) groups is 2. The second-order valence-electron chi connectivity index (χ2n) is 7.45. The van der Waals surface area contributed by atoms with Gasteiger partial charge in [0.1, 0.15) is 11.5 Å². The molecule has 0 spiro atoms. The summed E-state index contributed by atoms with van der Waals surface area (Å²) in [5.41, 5.74) is 5.31. The van der Waals surface area contributed by atoms with Crippen LogP contribution in [0.15, 0.2) is 66.7 Å². The molecule has 0 heterocycles. The summed E-state index contributed by atoms with van der Waals surface area (Å²) in [5.74, 6) is 0.860. The van der Waals surface area contributed by atoms with Crippen LogP contribution >= 0.6 is 12.2 Å². The van der Waals surface area contributed by atoms with Gasteiger partial charge in [-0.05, 0) is 53.9 Å². The maximum atomic E-state index is 12.3. The summed E-state index contributed by atoms with van der Waals surface area (Å²) in [5, 5.41) is 4.41. The van der Waals surface area contributed by atoms with E-state index in [9.17, 15) is 9.59 Å². The summed E-state index contributed by atoms with van der Waals surface area (Å²) < 4.78 is 11.2. The summed E-state index contributed by atoms with van der Waals surface area (Å²) in [7, 11) is 0. The van der Waals surface area contributed by atoms with E-state index < -0.39 is 11.8 Å². The topological polar surface area (TPSA) is 88.7 Å². The van der Waals surface area contributed by atoms with E-state index in [2.05, 4.69) is 30.0 Å². The van der Waals surface area contributed by atoms with Crippen molar-refractivity contribution in [2.45, 2.75) is 13.8 Å². The largest absolute Gasteiger partial charge is 0.493 e. The second kappa shape index (κ2) is 11.1. The van der Waals surface area contributed by atoms with Crippen molar-refractivity contribution < 1.29 is 19.1 Å². The molecule has 0 saturated carbocycles. The van der Waals surface area contributed by atoms with Crippen LogP contribution < -0.4 is 25.6 Å². The molecule has 7 nitrogen and oxygen atoms in total. The lowest BCUT2D eigenvalue weighted by atomic mass is 10.1. The molecule has 3 aromatic rings. The molecule has 0 aliphatic carbocycles. The molecule has 0 bridgehead atoms. The van der Waals surface area contributed by atoms with Crippen molar-refractivity contribution >= 4 is 39.9 Å². The molecule has 8 heteroatoms. The molecule has 0 aliphatic heterocycles. The van der Waals surface area contributed by atoms with Crippen LogP contribution in [-0.2, 0) is 4.79 Å². The Morgan fingerprint density at radius 2 is 1.62 bits per heavy atom. The van der Waals surface area contributed by atoms with E-state index in [0.29, 0.717) is 29.6 Å². The summed E-state index contributed by atoms with van der Waals surface area (Å²) >= 11 is 5.06. The minimum Gasteiger partial charge on any atom is -0.493 e. The average Bonchev–Trinajstić information content (AvgIpc) is 2.80. The highest BCUT2D eigenvalue weighted by molar-refractivity contribution is 7.80. The number of amides is 2. The summed E-state index contributed by atoms with van der Waals surface area (Å²) in [4.78, 5) is 24.4. The van der Waals surface area contributed by atoms with E-state index in [1.165, 1.54) is 0 Å². The first-order valence-electron chi connectivity index (χ1n) is 10.2. The highest BCUT2D eigenvalue weighted by atomic mass is 32.1. The number of hydrogen-bond donors (Lipinski definition) is 3. The smallest absolute Gasteiger partial charge is 0.276 e. The Hall–Kier alpha value is -3.65. The van der Waals surface area contributed by atoms with Crippen LogP contribution in [0.3, 0.4) is 0 Å². The number of benzene rings is 3. The molecule has 3 rings (SSSR count). The van der Waals surface area contributed by atoms with E-state index >= 15 is 0 Å². The quantitative estimate of drug-likeness (QED) is 0.376. The summed E-state index contributed by atoms with van der Waals surface area (Å²) in [6, 6.07) is 20.1. The molecule has 32 heavy (non-hydrogen) atoms. The number of hydrazine groups is 1. The van der Waals surface area contributed by atoms with Gasteiger partial charge in [-0.25, -0.2) is 0 Å². The van der Waals surface area contributed by atoms with Crippen molar-refractivity contribution in [2.24, 2.45) is 5.92 Å². The number of nitrogens with one attached hydrogen (secondary N) is 3. The van der Waals surface area contributed by atoms with Gasteiger partial charge in [-0.3, -0.25) is 25.8 Å². The van der Waals surface area contributed by atoms with E-state index in [0.717, 1.165) is 10.8 Å². The van der Waals surface area contributed by atoms with Gasteiger partial charge in [0.15, 0.2) is 11.7 Å². The fourth-order valence-corrected chi connectivity index (χ4v) is 2.94. The van der Waals surface area contributed by atoms with Crippen LogP contribution in [-0.4, -0.2) is 30.1 Å². The Kier molecular flexibility index (Phi) is 7.99. The maximum absolute atomic E-state index is 12.3. The third-order valence-corrected chi connectivity index (χ3v) is 4.55. The van der Waals surface area contributed by atoms with Gasteiger partial charge in [0.05, 0.1) is 6.61 Å². The fourth-order valence-electron chi connectivity index (χ4n) is 2.80. The predicted molar refractivity (Wildman–Crippen MR) is 128 cm³/mol. The Balaban J connectivity index is 1.43. The molecule has 0 fully saturated rings. The van der Waals surface area contributed by atoms with Crippen molar-refractivity contribution in [1.82, 2.24) is 16.2 Å². The predicted octanol–water partition coefficient (Wildman–Crippen LogP) is 3.59. The van der Waals surface area contributed by atoms with Crippen molar-refractivity contribution in [3.05, 3.63) is 72.3 Å². The van der Waals surface area contributed by atoms with Crippen LogP contribution in [0, 0.1) is 5.92 Å². The van der Waals surface area contributed by atoms with Crippen molar-refractivity contribution in [2.75, 3.05) is 13.2 Å². The first-order chi connectivity index (χ1) is 15.4. The zero-order valence-corrected chi connectivity index (χ0v) is 18.7. The number of carbonyl (C=O) groups excluding carboxylic acids is 2. The summed E-state index contributed by atoms with van der Waals surface area (Å²) in [6.45, 7) is 4.51. The van der Waals surface area contributed by atoms with E-state index in [1.54, 1.807) is 30.3 Å². The standard InChI is InChI=1S/C24H25N3O4S/c1-16(2)14-30-19-12-10-18(11-13-19)23(29)25-24(32)27-26-22(28)15-31-21-9-5-7-17-6-3-4-8-20(17)21/h3-13,16H,14-15H2,1-2H3,(H,26,28)(H2,25,27,29,32). The third-order valence-electron chi connectivity index (χ3n) is 4.35. The Labute approximate surface area is 192 Å². The van der Waals surface area contributed by atoms with E-state index in [4.69, 9.17) is 21.7 Å². The van der Waals surface area contributed by atoms with Crippen molar-refractivity contribution in [1.29, 1.82) is 0 Å². The Morgan fingerprint density at radius 1 is 0.906 bits per heavy atom. The van der Waals surface area contributed by atoms with Crippen LogP contribution in [0.2, 0.25) is 0 Å². The van der Waals surface area contributed by atoms with Crippen LogP contribution in [0.25, 0.3) is 10.8 Å². The normalized spacial score (nSPS) is 10.5. The molecule has 3 aromatic carbocycles. The fraction of sp³-hybridized carbons (Fsp3) is 0.208. The summed E-state index contributed by atoms with van der Waals surface area (Å²) in [6.07, 6.45) is 0.